The van der Waals surface area contributed by atoms with E-state index in [0.29, 0.717) is 51.7 Å². The van der Waals surface area contributed by atoms with Crippen molar-refractivity contribution in [3.8, 4) is 28.1 Å². The predicted octanol–water partition coefficient (Wildman–Crippen LogP) is 8.96. The normalized spacial score (nSPS) is 18.8. The van der Waals surface area contributed by atoms with Gasteiger partial charge in [-0.1, -0.05) is 91.6 Å². The molecule has 13 heteroatoms. The van der Waals surface area contributed by atoms with E-state index in [4.69, 9.17) is 27.9 Å². The molecular formula is C44H42Cl2N4O7. The molecule has 2 amide bonds. The number of likely N-dealkylation sites (tertiary alicyclic amines) is 2. The van der Waals surface area contributed by atoms with Crippen molar-refractivity contribution >= 4 is 47.0 Å². The summed E-state index contributed by atoms with van der Waals surface area (Å²) in [6, 6.07) is 26.6. The molecule has 2 aliphatic heterocycles. The minimum Gasteiger partial charge on any atom is -0.496 e. The number of halogens is 2. The van der Waals surface area contributed by atoms with Crippen LogP contribution in [0.4, 0.5) is 0 Å². The van der Waals surface area contributed by atoms with Gasteiger partial charge < -0.3 is 24.7 Å². The van der Waals surface area contributed by atoms with E-state index < -0.39 is 36.0 Å². The number of hydrogen-bond donors (Lipinski definition) is 2. The minimum atomic E-state index is -1.04. The lowest BCUT2D eigenvalue weighted by atomic mass is 10.00. The van der Waals surface area contributed by atoms with Gasteiger partial charge in [-0.2, -0.15) is 0 Å². The summed E-state index contributed by atoms with van der Waals surface area (Å²) in [5.41, 5.74) is 4.74. The molecule has 2 N–H and O–H groups in total. The van der Waals surface area contributed by atoms with Gasteiger partial charge >= 0.3 is 11.9 Å². The minimum absolute atomic E-state index is 0.0486. The van der Waals surface area contributed by atoms with Crippen LogP contribution in [-0.4, -0.2) is 79.0 Å². The Balaban J connectivity index is 0.000000194. The number of hydrogen-bond acceptors (Lipinski definition) is 7. The van der Waals surface area contributed by atoms with Crippen molar-refractivity contribution in [2.45, 2.75) is 63.7 Å². The summed E-state index contributed by atoms with van der Waals surface area (Å²) < 4.78 is 5.40. The van der Waals surface area contributed by atoms with Crippen LogP contribution >= 0.6 is 23.2 Å². The van der Waals surface area contributed by atoms with Crippen molar-refractivity contribution in [2.24, 2.45) is 5.92 Å². The monoisotopic (exact) mass is 808 g/mol. The first-order valence-corrected chi connectivity index (χ1v) is 19.3. The summed E-state index contributed by atoms with van der Waals surface area (Å²) >= 11 is 12.8. The summed E-state index contributed by atoms with van der Waals surface area (Å²) in [6.45, 7) is 4.06. The summed E-state index contributed by atoms with van der Waals surface area (Å²) in [4.78, 5) is 61.0. The number of carboxylic acid groups (broad SMARTS) is 2. The molecule has 57 heavy (non-hydrogen) atoms. The maximum absolute atomic E-state index is 13.4. The van der Waals surface area contributed by atoms with Crippen LogP contribution in [0.15, 0.2) is 110 Å². The maximum Gasteiger partial charge on any atom is 0.326 e. The second kappa shape index (κ2) is 18.0. The van der Waals surface area contributed by atoms with E-state index in [2.05, 4.69) is 9.97 Å². The smallest absolute Gasteiger partial charge is 0.326 e. The van der Waals surface area contributed by atoms with Gasteiger partial charge in [0.05, 0.1) is 23.9 Å². The molecule has 0 unspecified atom stereocenters. The zero-order chi connectivity index (χ0) is 40.8. The van der Waals surface area contributed by atoms with Crippen molar-refractivity contribution < 1.29 is 34.1 Å². The molecular weight excluding hydrogens is 767 g/mol. The van der Waals surface area contributed by atoms with Gasteiger partial charge in [0.2, 0.25) is 0 Å². The molecule has 0 radical (unpaired) electrons. The molecule has 7 rings (SSSR count). The van der Waals surface area contributed by atoms with E-state index in [-0.39, 0.29) is 17.9 Å². The van der Waals surface area contributed by atoms with E-state index in [9.17, 15) is 29.4 Å². The molecule has 11 nitrogen and oxygen atoms in total. The van der Waals surface area contributed by atoms with Crippen molar-refractivity contribution in [1.29, 1.82) is 0 Å². The van der Waals surface area contributed by atoms with Gasteiger partial charge in [0.1, 0.15) is 24.2 Å². The molecule has 5 aromatic rings. The third-order valence-electron chi connectivity index (χ3n) is 10.5. The number of carboxylic acids is 2. The predicted molar refractivity (Wildman–Crippen MR) is 217 cm³/mol. The lowest BCUT2D eigenvalue weighted by Gasteiger charge is -2.31. The lowest BCUT2D eigenvalue weighted by Crippen LogP contribution is -2.46. The van der Waals surface area contributed by atoms with Gasteiger partial charge in [0.15, 0.2) is 0 Å². The quantitative estimate of drug-likeness (QED) is 0.149. The molecule has 4 atom stereocenters. The van der Waals surface area contributed by atoms with Crippen LogP contribution < -0.4 is 4.74 Å². The Morgan fingerprint density at radius 1 is 0.719 bits per heavy atom. The van der Waals surface area contributed by atoms with Gasteiger partial charge in [-0.25, -0.2) is 19.6 Å². The van der Waals surface area contributed by atoms with Crippen molar-refractivity contribution in [1.82, 2.24) is 19.8 Å². The number of benzene rings is 4. The maximum atomic E-state index is 13.4. The lowest BCUT2D eigenvalue weighted by molar-refractivity contribution is -0.142. The topological polar surface area (TPSA) is 150 Å². The van der Waals surface area contributed by atoms with E-state index in [1.54, 1.807) is 66.7 Å². The second-order valence-electron chi connectivity index (χ2n) is 14.2. The largest absolute Gasteiger partial charge is 0.496 e. The fourth-order valence-corrected chi connectivity index (χ4v) is 8.23. The van der Waals surface area contributed by atoms with Gasteiger partial charge in [0, 0.05) is 39.5 Å². The number of aliphatic carboxylic acids is 2. The highest BCUT2D eigenvalue weighted by atomic mass is 35.5. The highest BCUT2D eigenvalue weighted by Gasteiger charge is 2.43. The Bertz CT molecular complexity index is 2250. The summed E-state index contributed by atoms with van der Waals surface area (Å²) in [5.74, 6) is -1.61. The summed E-state index contributed by atoms with van der Waals surface area (Å²) in [6.07, 6.45) is 5.11. The second-order valence-corrected chi connectivity index (χ2v) is 15.0. The summed E-state index contributed by atoms with van der Waals surface area (Å²) in [5, 5.41) is 20.1. The van der Waals surface area contributed by atoms with E-state index in [1.807, 2.05) is 62.4 Å². The summed E-state index contributed by atoms with van der Waals surface area (Å²) in [7, 11) is 1.63. The standard InChI is InChI=1S/C22H17Cl2N3O3.C22H25NO4/c23-16-4-2-1-3-15(16)19-7-8-20(22(29)30)27(19)21(28)13-5-6-14(17(24)11-13)18-9-10-25-12-26-18;1-14(2)18-12-13-19(22(25)26)23(18)21(24)16-10-8-15(9-11-16)17-6-4-5-7-20(17)27-3/h1-6,9-12,19-20H,7-8H2,(H,29,30);4-11,14,18-19H,12-13H2,1-3H3,(H,25,26)/t19-,20+;18-,19+/m11/s1. The molecule has 0 spiro atoms. The zero-order valence-electron chi connectivity index (χ0n) is 31.6. The number of aromatic nitrogens is 2. The van der Waals surface area contributed by atoms with E-state index >= 15 is 0 Å². The average Bonchev–Trinajstić information content (AvgIpc) is 3.88. The third-order valence-corrected chi connectivity index (χ3v) is 11.2. The molecule has 3 heterocycles. The first-order chi connectivity index (χ1) is 27.4. The van der Waals surface area contributed by atoms with Crippen LogP contribution in [0.3, 0.4) is 0 Å². The molecule has 2 fully saturated rings. The van der Waals surface area contributed by atoms with Crippen LogP contribution in [0, 0.1) is 5.92 Å². The molecule has 0 saturated carbocycles. The van der Waals surface area contributed by atoms with Gasteiger partial charge in [0.25, 0.3) is 11.8 Å². The highest BCUT2D eigenvalue weighted by Crippen LogP contribution is 2.41. The fraction of sp³-hybridized carbons (Fsp3) is 0.273. The Hall–Kier alpha value is -5.78. The third kappa shape index (κ3) is 8.80. The van der Waals surface area contributed by atoms with Crippen LogP contribution in [0.2, 0.25) is 10.0 Å². The Labute approximate surface area is 340 Å². The Kier molecular flexibility index (Phi) is 12.9. The average molecular weight is 810 g/mol. The Morgan fingerprint density at radius 3 is 1.98 bits per heavy atom. The molecule has 0 aliphatic carbocycles. The number of carbonyl (C=O) groups is 4. The first kappa shape index (κ1) is 40.9. The van der Waals surface area contributed by atoms with Crippen LogP contribution in [0.5, 0.6) is 5.75 Å². The molecule has 1 aromatic heterocycles. The first-order valence-electron chi connectivity index (χ1n) is 18.6. The Morgan fingerprint density at radius 2 is 1.35 bits per heavy atom. The van der Waals surface area contributed by atoms with Crippen LogP contribution in [0.25, 0.3) is 22.4 Å². The number of para-hydroxylation sites is 1. The van der Waals surface area contributed by atoms with E-state index in [0.717, 1.165) is 28.9 Å². The number of carbonyl (C=O) groups excluding carboxylic acids is 2. The highest BCUT2D eigenvalue weighted by molar-refractivity contribution is 6.33. The van der Waals surface area contributed by atoms with Gasteiger partial charge in [-0.05, 0) is 85.2 Å². The number of methoxy groups -OCH3 is 1. The molecule has 294 valence electrons. The van der Waals surface area contributed by atoms with Crippen molar-refractivity contribution in [2.75, 3.05) is 7.11 Å². The molecule has 2 saturated heterocycles. The number of amides is 2. The van der Waals surface area contributed by atoms with Crippen molar-refractivity contribution in [3.05, 3.63) is 136 Å². The van der Waals surface area contributed by atoms with Crippen LogP contribution in [0.1, 0.15) is 71.9 Å². The molecule has 2 aliphatic rings. The van der Waals surface area contributed by atoms with Gasteiger partial charge in [-0.15, -0.1) is 0 Å². The zero-order valence-corrected chi connectivity index (χ0v) is 33.1. The molecule has 0 bridgehead atoms. The number of ether oxygens (including phenoxy) is 1. The van der Waals surface area contributed by atoms with Crippen LogP contribution in [-0.2, 0) is 9.59 Å². The SMILES string of the molecule is COc1ccccc1-c1ccc(C(=O)N2[C@@H](C(C)C)CC[C@H]2C(=O)O)cc1.O=C(O)[C@@H]1CC[C@H](c2ccccc2Cl)N1C(=O)c1ccc(-c2ccncn2)c(Cl)c1. The van der Waals surface area contributed by atoms with E-state index in [1.165, 1.54) is 11.2 Å². The van der Waals surface area contributed by atoms with Crippen molar-refractivity contribution in [3.63, 3.8) is 0 Å². The number of nitrogens with zero attached hydrogens (tertiary/aromatic N) is 4. The number of rotatable bonds is 9. The fourth-order valence-electron chi connectivity index (χ4n) is 7.69. The van der Waals surface area contributed by atoms with Gasteiger partial charge in [-0.3, -0.25) is 9.59 Å². The molecule has 4 aromatic carbocycles.